The zero-order chi connectivity index (χ0) is 16.8. The quantitative estimate of drug-likeness (QED) is 0.645. The summed E-state index contributed by atoms with van der Waals surface area (Å²) in [4.78, 5) is 13.7. The Kier molecular flexibility index (Phi) is 6.42. The Hall–Kier alpha value is -1.59. The molecule has 0 bridgehead atoms. The first-order chi connectivity index (χ1) is 11.1. The topological polar surface area (TPSA) is 50.8 Å². The molecule has 0 amide bonds. The summed E-state index contributed by atoms with van der Waals surface area (Å²) in [5.41, 5.74) is 1.22. The van der Waals surface area contributed by atoms with Crippen LogP contribution < -0.4 is 14.8 Å². The van der Waals surface area contributed by atoms with Crippen molar-refractivity contribution in [2.24, 2.45) is 5.92 Å². The standard InChI is InChI=1S/C18H28N2O3/c1-5-13(2)18(20-10-8-19-9-11-20)15-6-7-16(23-14(3)21)17(12-15)22-4/h6-7,12-13,18-19H,5,8-11H2,1-4H3/t13?,18-/m1/s1. The second kappa shape index (κ2) is 8.31. The fraction of sp³-hybridized carbons (Fsp3) is 0.611. The van der Waals surface area contributed by atoms with Gasteiger partial charge in [-0.05, 0) is 23.6 Å². The summed E-state index contributed by atoms with van der Waals surface area (Å²) in [5, 5.41) is 3.41. The lowest BCUT2D eigenvalue weighted by Crippen LogP contribution is -2.46. The maximum absolute atomic E-state index is 11.2. The summed E-state index contributed by atoms with van der Waals surface area (Å²) < 4.78 is 10.6. The summed E-state index contributed by atoms with van der Waals surface area (Å²) in [6.45, 7) is 10.1. The Morgan fingerprint density at radius 1 is 1.30 bits per heavy atom. The highest BCUT2D eigenvalue weighted by molar-refractivity contribution is 5.70. The minimum Gasteiger partial charge on any atom is -0.493 e. The SMILES string of the molecule is CCC(C)[C@H](c1ccc(OC(C)=O)c(OC)c1)N1CCNCC1. The summed E-state index contributed by atoms with van der Waals surface area (Å²) in [5.74, 6) is 1.29. The highest BCUT2D eigenvalue weighted by Gasteiger charge is 2.27. The maximum atomic E-state index is 11.2. The van der Waals surface area contributed by atoms with Crippen molar-refractivity contribution in [3.05, 3.63) is 23.8 Å². The summed E-state index contributed by atoms with van der Waals surface area (Å²) in [6.07, 6.45) is 1.11. The normalized spacial score (nSPS) is 18.3. The molecule has 1 aromatic carbocycles. The number of hydrogen-bond donors (Lipinski definition) is 1. The Labute approximate surface area is 139 Å². The molecular formula is C18H28N2O3. The lowest BCUT2D eigenvalue weighted by Gasteiger charge is -2.38. The van der Waals surface area contributed by atoms with Gasteiger partial charge >= 0.3 is 5.97 Å². The fourth-order valence-corrected chi connectivity index (χ4v) is 3.19. The van der Waals surface area contributed by atoms with E-state index in [1.54, 1.807) is 7.11 Å². The third-order valence-electron chi connectivity index (χ3n) is 4.51. The van der Waals surface area contributed by atoms with E-state index in [9.17, 15) is 4.79 Å². The zero-order valence-electron chi connectivity index (χ0n) is 14.6. The molecule has 1 heterocycles. The van der Waals surface area contributed by atoms with Crippen molar-refractivity contribution in [3.63, 3.8) is 0 Å². The second-order valence-electron chi connectivity index (χ2n) is 6.12. The predicted molar refractivity (Wildman–Crippen MR) is 90.9 cm³/mol. The highest BCUT2D eigenvalue weighted by Crippen LogP contribution is 2.36. The van der Waals surface area contributed by atoms with Crippen molar-refractivity contribution in [2.45, 2.75) is 33.2 Å². The third-order valence-corrected chi connectivity index (χ3v) is 4.51. The molecular weight excluding hydrogens is 292 g/mol. The monoisotopic (exact) mass is 320 g/mol. The molecule has 1 saturated heterocycles. The van der Waals surface area contributed by atoms with E-state index in [2.05, 4.69) is 30.1 Å². The molecule has 5 heteroatoms. The lowest BCUT2D eigenvalue weighted by atomic mass is 9.90. The van der Waals surface area contributed by atoms with Gasteiger partial charge in [-0.3, -0.25) is 9.69 Å². The van der Waals surface area contributed by atoms with Crippen LogP contribution in [0.25, 0.3) is 0 Å². The van der Waals surface area contributed by atoms with Crippen molar-refractivity contribution in [1.82, 2.24) is 10.2 Å². The molecule has 128 valence electrons. The van der Waals surface area contributed by atoms with Crippen molar-refractivity contribution in [2.75, 3.05) is 33.3 Å². The number of nitrogens with one attached hydrogen (secondary N) is 1. The van der Waals surface area contributed by atoms with Crippen molar-refractivity contribution < 1.29 is 14.3 Å². The van der Waals surface area contributed by atoms with E-state index in [1.165, 1.54) is 12.5 Å². The van der Waals surface area contributed by atoms with Crippen LogP contribution in [0.5, 0.6) is 11.5 Å². The molecule has 1 aliphatic heterocycles. The zero-order valence-corrected chi connectivity index (χ0v) is 14.6. The fourth-order valence-electron chi connectivity index (χ4n) is 3.19. The van der Waals surface area contributed by atoms with Crippen molar-refractivity contribution in [3.8, 4) is 11.5 Å². The van der Waals surface area contributed by atoms with E-state index in [0.717, 1.165) is 32.6 Å². The first-order valence-electron chi connectivity index (χ1n) is 8.38. The molecule has 0 spiro atoms. The number of benzene rings is 1. The van der Waals surface area contributed by atoms with Crippen molar-refractivity contribution in [1.29, 1.82) is 0 Å². The van der Waals surface area contributed by atoms with E-state index in [-0.39, 0.29) is 5.97 Å². The van der Waals surface area contributed by atoms with Gasteiger partial charge in [0.15, 0.2) is 11.5 Å². The molecule has 23 heavy (non-hydrogen) atoms. The van der Waals surface area contributed by atoms with Crippen LogP contribution in [-0.2, 0) is 4.79 Å². The van der Waals surface area contributed by atoms with Crippen LogP contribution >= 0.6 is 0 Å². The minimum absolute atomic E-state index is 0.336. The molecule has 0 saturated carbocycles. The van der Waals surface area contributed by atoms with Gasteiger partial charge < -0.3 is 14.8 Å². The Bertz CT molecular complexity index is 527. The molecule has 0 aromatic heterocycles. The number of carbonyl (C=O) groups is 1. The van der Waals surface area contributed by atoms with E-state index in [0.29, 0.717) is 23.5 Å². The van der Waals surface area contributed by atoms with Gasteiger partial charge in [0, 0.05) is 39.1 Å². The number of ether oxygens (including phenoxy) is 2. The van der Waals surface area contributed by atoms with Crippen LogP contribution in [0.15, 0.2) is 18.2 Å². The molecule has 1 aliphatic rings. The predicted octanol–water partition coefficient (Wildman–Crippen LogP) is 2.61. The molecule has 0 aliphatic carbocycles. The number of piperazine rings is 1. The average molecular weight is 320 g/mol. The minimum atomic E-state index is -0.336. The number of rotatable bonds is 6. The molecule has 1 N–H and O–H groups in total. The molecule has 1 aromatic rings. The highest BCUT2D eigenvalue weighted by atomic mass is 16.6. The van der Waals surface area contributed by atoms with E-state index >= 15 is 0 Å². The van der Waals surface area contributed by atoms with E-state index < -0.39 is 0 Å². The van der Waals surface area contributed by atoms with Crippen molar-refractivity contribution >= 4 is 5.97 Å². The molecule has 1 fully saturated rings. The van der Waals surface area contributed by atoms with E-state index in [4.69, 9.17) is 9.47 Å². The number of hydrogen-bond acceptors (Lipinski definition) is 5. The lowest BCUT2D eigenvalue weighted by molar-refractivity contribution is -0.132. The Balaban J connectivity index is 2.32. The van der Waals surface area contributed by atoms with Crippen LogP contribution in [0.3, 0.4) is 0 Å². The van der Waals surface area contributed by atoms with Crippen LogP contribution in [0, 0.1) is 5.92 Å². The Morgan fingerprint density at radius 2 is 2.00 bits per heavy atom. The van der Waals surface area contributed by atoms with Crippen LogP contribution in [0.1, 0.15) is 38.8 Å². The molecule has 2 rings (SSSR count). The first-order valence-corrected chi connectivity index (χ1v) is 8.38. The smallest absolute Gasteiger partial charge is 0.308 e. The average Bonchev–Trinajstić information content (AvgIpc) is 2.56. The van der Waals surface area contributed by atoms with Gasteiger partial charge in [0.2, 0.25) is 0 Å². The third kappa shape index (κ3) is 4.45. The van der Waals surface area contributed by atoms with Gasteiger partial charge in [-0.25, -0.2) is 0 Å². The number of nitrogens with zero attached hydrogens (tertiary/aromatic N) is 1. The second-order valence-corrected chi connectivity index (χ2v) is 6.12. The van der Waals surface area contributed by atoms with Gasteiger partial charge in [-0.2, -0.15) is 0 Å². The number of carbonyl (C=O) groups excluding carboxylic acids is 1. The molecule has 5 nitrogen and oxygen atoms in total. The summed E-state index contributed by atoms with van der Waals surface area (Å²) in [7, 11) is 1.61. The van der Waals surface area contributed by atoms with E-state index in [1.807, 2.05) is 12.1 Å². The summed E-state index contributed by atoms with van der Waals surface area (Å²) in [6, 6.07) is 6.26. The number of methoxy groups -OCH3 is 1. The van der Waals surface area contributed by atoms with Gasteiger partial charge in [-0.15, -0.1) is 0 Å². The Morgan fingerprint density at radius 3 is 2.57 bits per heavy atom. The molecule has 0 radical (unpaired) electrons. The van der Waals surface area contributed by atoms with Gasteiger partial charge in [-0.1, -0.05) is 26.3 Å². The molecule has 2 atom stereocenters. The van der Waals surface area contributed by atoms with Gasteiger partial charge in [0.1, 0.15) is 0 Å². The maximum Gasteiger partial charge on any atom is 0.308 e. The van der Waals surface area contributed by atoms with Gasteiger partial charge in [0.25, 0.3) is 0 Å². The van der Waals surface area contributed by atoms with Crippen LogP contribution in [0.2, 0.25) is 0 Å². The first kappa shape index (κ1) is 17.8. The molecule has 1 unspecified atom stereocenters. The van der Waals surface area contributed by atoms with Crippen LogP contribution in [-0.4, -0.2) is 44.2 Å². The number of esters is 1. The van der Waals surface area contributed by atoms with Crippen LogP contribution in [0.4, 0.5) is 0 Å². The summed E-state index contributed by atoms with van der Waals surface area (Å²) >= 11 is 0. The largest absolute Gasteiger partial charge is 0.493 e. The van der Waals surface area contributed by atoms with Gasteiger partial charge in [0.05, 0.1) is 7.11 Å².